The van der Waals surface area contributed by atoms with Crippen molar-refractivity contribution in [1.29, 1.82) is 0 Å². The molecule has 2 aliphatic rings. The molecule has 0 radical (unpaired) electrons. The molecule has 2 saturated carbocycles. The number of benzene rings is 1. The molecule has 0 aliphatic heterocycles. The average molecular weight is 333 g/mol. The standard InChI is InChI=1S/C19H24FNO3/c20-15-6-4-5-14(12-15)19(9-2-1-3-10-19)18(24)21-16-8-7-13(11-16)17(22)23/h4-6,12-13,16H,1-3,7-11H2,(H,21,24)(H,22,23)/t13-,16+/m0/s1. The lowest BCUT2D eigenvalue weighted by Gasteiger charge is -2.37. The van der Waals surface area contributed by atoms with Crippen LogP contribution in [0, 0.1) is 11.7 Å². The Balaban J connectivity index is 1.79. The number of carboxylic acids is 1. The van der Waals surface area contributed by atoms with Gasteiger partial charge in [0.15, 0.2) is 0 Å². The maximum Gasteiger partial charge on any atom is 0.306 e. The molecule has 2 atom stereocenters. The van der Waals surface area contributed by atoms with Gasteiger partial charge in [-0.05, 0) is 49.8 Å². The molecule has 5 heteroatoms. The predicted molar refractivity (Wildman–Crippen MR) is 88.1 cm³/mol. The third kappa shape index (κ3) is 3.30. The maximum absolute atomic E-state index is 13.7. The second-order valence-corrected chi connectivity index (χ2v) is 7.17. The molecule has 2 aliphatic carbocycles. The lowest BCUT2D eigenvalue weighted by Crippen LogP contribution is -2.49. The Morgan fingerprint density at radius 1 is 1.17 bits per heavy atom. The van der Waals surface area contributed by atoms with E-state index in [9.17, 15) is 14.0 Å². The van der Waals surface area contributed by atoms with E-state index in [0.29, 0.717) is 19.3 Å². The number of aliphatic carboxylic acids is 1. The van der Waals surface area contributed by atoms with Crippen molar-refractivity contribution >= 4 is 11.9 Å². The van der Waals surface area contributed by atoms with Crippen molar-refractivity contribution in [1.82, 2.24) is 5.32 Å². The topological polar surface area (TPSA) is 66.4 Å². The molecule has 0 unspecified atom stereocenters. The van der Waals surface area contributed by atoms with Gasteiger partial charge in [0.2, 0.25) is 5.91 Å². The Kier molecular flexibility index (Phi) is 4.88. The number of hydrogen-bond donors (Lipinski definition) is 2. The van der Waals surface area contributed by atoms with Gasteiger partial charge in [-0.1, -0.05) is 31.4 Å². The number of carbonyl (C=O) groups excluding carboxylic acids is 1. The summed E-state index contributed by atoms with van der Waals surface area (Å²) in [6.07, 6.45) is 6.22. The number of halogens is 1. The molecule has 0 saturated heterocycles. The molecular weight excluding hydrogens is 309 g/mol. The minimum absolute atomic E-state index is 0.0659. The molecule has 0 spiro atoms. The summed E-state index contributed by atoms with van der Waals surface area (Å²) in [5.74, 6) is -1.54. The van der Waals surface area contributed by atoms with E-state index in [1.54, 1.807) is 6.07 Å². The Hall–Kier alpha value is -1.91. The fraction of sp³-hybridized carbons (Fsp3) is 0.579. The van der Waals surface area contributed by atoms with Gasteiger partial charge in [0, 0.05) is 6.04 Å². The van der Waals surface area contributed by atoms with E-state index in [0.717, 1.165) is 37.7 Å². The van der Waals surface area contributed by atoms with E-state index in [1.807, 2.05) is 6.07 Å². The molecule has 0 bridgehead atoms. The van der Waals surface area contributed by atoms with Crippen LogP contribution in [-0.2, 0) is 15.0 Å². The highest BCUT2D eigenvalue weighted by atomic mass is 19.1. The number of rotatable bonds is 4. The van der Waals surface area contributed by atoms with Crippen LogP contribution >= 0.6 is 0 Å². The summed E-state index contributed by atoms with van der Waals surface area (Å²) in [5, 5.41) is 12.2. The lowest BCUT2D eigenvalue weighted by atomic mass is 9.68. The Labute approximate surface area is 141 Å². The van der Waals surface area contributed by atoms with Crippen molar-refractivity contribution in [3.8, 4) is 0 Å². The van der Waals surface area contributed by atoms with E-state index in [1.165, 1.54) is 12.1 Å². The molecule has 130 valence electrons. The fourth-order valence-electron chi connectivity index (χ4n) is 4.25. The van der Waals surface area contributed by atoms with Gasteiger partial charge in [0.25, 0.3) is 0 Å². The molecule has 0 heterocycles. The summed E-state index contributed by atoms with van der Waals surface area (Å²) >= 11 is 0. The average Bonchev–Trinajstić information content (AvgIpc) is 3.04. The monoisotopic (exact) mass is 333 g/mol. The number of hydrogen-bond acceptors (Lipinski definition) is 2. The SMILES string of the molecule is O=C(O)[C@H]1CC[C@@H](NC(=O)C2(c3cccc(F)c3)CCCCC2)C1. The van der Waals surface area contributed by atoms with Crippen LogP contribution in [0.25, 0.3) is 0 Å². The highest BCUT2D eigenvalue weighted by Gasteiger charge is 2.43. The van der Waals surface area contributed by atoms with Crippen LogP contribution in [-0.4, -0.2) is 23.0 Å². The summed E-state index contributed by atoms with van der Waals surface area (Å²) in [6.45, 7) is 0. The maximum atomic E-state index is 13.7. The van der Waals surface area contributed by atoms with E-state index < -0.39 is 11.4 Å². The van der Waals surface area contributed by atoms with E-state index in [2.05, 4.69) is 5.32 Å². The van der Waals surface area contributed by atoms with E-state index in [4.69, 9.17) is 5.11 Å². The normalized spacial score (nSPS) is 26.0. The fourth-order valence-corrected chi connectivity index (χ4v) is 4.25. The van der Waals surface area contributed by atoms with Gasteiger partial charge in [-0.3, -0.25) is 9.59 Å². The van der Waals surface area contributed by atoms with E-state index >= 15 is 0 Å². The van der Waals surface area contributed by atoms with Crippen LogP contribution in [0.2, 0.25) is 0 Å². The molecule has 2 fully saturated rings. The first-order valence-electron chi connectivity index (χ1n) is 8.81. The molecule has 1 aromatic rings. The molecule has 3 rings (SSSR count). The van der Waals surface area contributed by atoms with E-state index in [-0.39, 0.29) is 23.7 Å². The Bertz CT molecular complexity index is 625. The molecule has 4 nitrogen and oxygen atoms in total. The van der Waals surface area contributed by atoms with Crippen LogP contribution < -0.4 is 5.32 Å². The van der Waals surface area contributed by atoms with Crippen molar-refractivity contribution in [3.05, 3.63) is 35.6 Å². The summed E-state index contributed by atoms with van der Waals surface area (Å²) in [7, 11) is 0. The first-order chi connectivity index (χ1) is 11.5. The quantitative estimate of drug-likeness (QED) is 0.887. The number of amides is 1. The van der Waals surface area contributed by atoms with Gasteiger partial charge in [0.05, 0.1) is 11.3 Å². The molecule has 1 aromatic carbocycles. The number of carbonyl (C=O) groups is 2. The van der Waals surface area contributed by atoms with Crippen LogP contribution in [0.15, 0.2) is 24.3 Å². The minimum Gasteiger partial charge on any atom is -0.481 e. The summed E-state index contributed by atoms with van der Waals surface area (Å²) in [5.41, 5.74) is 0.0641. The molecule has 0 aromatic heterocycles. The first kappa shape index (κ1) is 16.9. The van der Waals surface area contributed by atoms with Gasteiger partial charge in [-0.25, -0.2) is 4.39 Å². The molecule has 1 amide bonds. The highest BCUT2D eigenvalue weighted by Crippen LogP contribution is 2.40. The highest BCUT2D eigenvalue weighted by molar-refractivity contribution is 5.88. The third-order valence-electron chi connectivity index (χ3n) is 5.64. The first-order valence-corrected chi connectivity index (χ1v) is 8.81. The van der Waals surface area contributed by atoms with Gasteiger partial charge in [0.1, 0.15) is 5.82 Å². The Morgan fingerprint density at radius 3 is 2.54 bits per heavy atom. The largest absolute Gasteiger partial charge is 0.481 e. The molecular formula is C19H24FNO3. The predicted octanol–water partition coefficient (Wildman–Crippen LogP) is 3.40. The molecule has 24 heavy (non-hydrogen) atoms. The summed E-state index contributed by atoms with van der Waals surface area (Å²) in [6, 6.07) is 6.27. The van der Waals surface area contributed by atoms with Crippen LogP contribution in [0.5, 0.6) is 0 Å². The van der Waals surface area contributed by atoms with Crippen molar-refractivity contribution in [2.45, 2.75) is 62.8 Å². The summed E-state index contributed by atoms with van der Waals surface area (Å²) < 4.78 is 13.7. The van der Waals surface area contributed by atoms with Crippen LogP contribution in [0.3, 0.4) is 0 Å². The van der Waals surface area contributed by atoms with Gasteiger partial charge >= 0.3 is 5.97 Å². The van der Waals surface area contributed by atoms with Crippen molar-refractivity contribution < 1.29 is 19.1 Å². The second-order valence-electron chi connectivity index (χ2n) is 7.17. The zero-order valence-electron chi connectivity index (χ0n) is 13.8. The van der Waals surface area contributed by atoms with Gasteiger partial charge in [-0.2, -0.15) is 0 Å². The Morgan fingerprint density at radius 2 is 1.92 bits per heavy atom. The minimum atomic E-state index is -0.788. The smallest absolute Gasteiger partial charge is 0.306 e. The van der Waals surface area contributed by atoms with Gasteiger partial charge < -0.3 is 10.4 Å². The zero-order chi connectivity index (χ0) is 17.2. The molecule has 2 N–H and O–H groups in total. The number of carboxylic acid groups (broad SMARTS) is 1. The number of nitrogens with one attached hydrogen (secondary N) is 1. The zero-order valence-corrected chi connectivity index (χ0v) is 13.8. The van der Waals surface area contributed by atoms with Crippen molar-refractivity contribution in [2.75, 3.05) is 0 Å². The van der Waals surface area contributed by atoms with Gasteiger partial charge in [-0.15, -0.1) is 0 Å². The third-order valence-corrected chi connectivity index (χ3v) is 5.64. The van der Waals surface area contributed by atoms with Crippen LogP contribution in [0.1, 0.15) is 56.9 Å². The van der Waals surface area contributed by atoms with Crippen molar-refractivity contribution in [2.24, 2.45) is 5.92 Å². The van der Waals surface area contributed by atoms with Crippen LogP contribution in [0.4, 0.5) is 4.39 Å². The van der Waals surface area contributed by atoms with Crippen molar-refractivity contribution in [3.63, 3.8) is 0 Å². The lowest BCUT2D eigenvalue weighted by molar-refractivity contribution is -0.141. The second kappa shape index (κ2) is 6.91. The summed E-state index contributed by atoms with van der Waals surface area (Å²) in [4.78, 5) is 24.2.